The second-order valence-electron chi connectivity index (χ2n) is 9.98. The minimum atomic E-state index is -0.796. The number of thiophene rings is 1. The van der Waals surface area contributed by atoms with Crippen LogP contribution in [0.3, 0.4) is 0 Å². The highest BCUT2D eigenvalue weighted by atomic mass is 32.1. The molecule has 2 aliphatic rings. The Morgan fingerprint density at radius 3 is 2.76 bits per heavy atom. The lowest BCUT2D eigenvalue weighted by atomic mass is 9.75. The number of aryl methyl sites for hydroxylation is 1. The van der Waals surface area contributed by atoms with Gasteiger partial charge in [0.25, 0.3) is 0 Å². The van der Waals surface area contributed by atoms with Crippen molar-refractivity contribution in [1.82, 2.24) is 4.72 Å². The Bertz CT molecular complexity index is 1280. The highest BCUT2D eigenvalue weighted by molar-refractivity contribution is 7.78. The van der Waals surface area contributed by atoms with Crippen LogP contribution in [-0.2, 0) is 12.8 Å². The van der Waals surface area contributed by atoms with Crippen LogP contribution in [0.5, 0.6) is 0 Å². The van der Waals surface area contributed by atoms with Crippen LogP contribution in [0.4, 0.5) is 0 Å². The van der Waals surface area contributed by atoms with Crippen LogP contribution in [0.1, 0.15) is 57.4 Å². The van der Waals surface area contributed by atoms with Crippen molar-refractivity contribution >= 4 is 46.5 Å². The number of carboxylic acids is 1. The third-order valence-electron chi connectivity index (χ3n) is 7.07. The van der Waals surface area contributed by atoms with Gasteiger partial charge in [-0.25, -0.2) is 4.79 Å². The molecule has 0 fully saturated rings. The molecule has 0 saturated heterocycles. The van der Waals surface area contributed by atoms with Crippen LogP contribution in [0, 0.1) is 11.3 Å². The molecule has 2 aromatic carbocycles. The van der Waals surface area contributed by atoms with E-state index in [0.29, 0.717) is 12.1 Å². The molecule has 0 amide bonds. The molecule has 1 aromatic heterocycles. The van der Waals surface area contributed by atoms with Gasteiger partial charge >= 0.3 is 5.97 Å². The lowest BCUT2D eigenvalue weighted by Crippen LogP contribution is -2.24. The van der Waals surface area contributed by atoms with Crippen LogP contribution < -0.4 is 4.72 Å². The van der Waals surface area contributed by atoms with Crippen molar-refractivity contribution in [3.8, 4) is 0 Å². The maximum atomic E-state index is 12.4. The topological polar surface area (TPSA) is 49.3 Å². The van der Waals surface area contributed by atoms with E-state index in [1.807, 2.05) is 0 Å². The number of carboxylic acid groups (broad SMARTS) is 1. The first-order valence-electron chi connectivity index (χ1n) is 11.5. The number of allylic oxidation sites excluding steroid dienone is 3. The average Bonchev–Trinajstić information content (AvgIpc) is 3.16. The van der Waals surface area contributed by atoms with E-state index in [9.17, 15) is 9.90 Å². The van der Waals surface area contributed by atoms with E-state index in [4.69, 9.17) is 0 Å². The van der Waals surface area contributed by atoms with Crippen LogP contribution in [-0.4, -0.2) is 17.6 Å². The van der Waals surface area contributed by atoms with E-state index in [1.165, 1.54) is 26.8 Å². The van der Waals surface area contributed by atoms with Gasteiger partial charge in [0.2, 0.25) is 0 Å². The number of carbonyl (C=O) groups is 1. The molecular formula is C28H29NO2S2. The maximum Gasteiger partial charge on any atom is 0.337 e. The molecule has 2 unspecified atom stereocenters. The first-order valence-corrected chi connectivity index (χ1v) is 12.8. The Hall–Kier alpha value is -2.34. The molecule has 0 saturated carbocycles. The van der Waals surface area contributed by atoms with Crippen LogP contribution in [0.15, 0.2) is 60.7 Å². The first kappa shape index (κ1) is 22.5. The van der Waals surface area contributed by atoms with Crippen molar-refractivity contribution in [1.29, 1.82) is 0 Å². The number of benzene rings is 2. The molecule has 1 heterocycles. The normalized spacial score (nSPS) is 21.6. The quantitative estimate of drug-likeness (QED) is 0.352. The summed E-state index contributed by atoms with van der Waals surface area (Å²) >= 11 is 6.01. The predicted octanol–water partition coefficient (Wildman–Crippen LogP) is 6.90. The monoisotopic (exact) mass is 475 g/mol. The number of rotatable bonds is 5. The SMILES string of the molecule is CC1(C)CCc2sc(C3C=CC(c4ccc5ccccc5c4)=CC3CNS)c(C(=O)O)c2C1. The van der Waals surface area contributed by atoms with Gasteiger partial charge < -0.3 is 5.11 Å². The zero-order valence-corrected chi connectivity index (χ0v) is 20.7. The molecule has 3 nitrogen and oxygen atoms in total. The molecule has 0 bridgehead atoms. The Kier molecular flexibility index (Phi) is 5.98. The maximum absolute atomic E-state index is 12.4. The summed E-state index contributed by atoms with van der Waals surface area (Å²) in [6, 6.07) is 14.9. The standard InChI is InChI=1S/C28H29NO2S2/c1-28(2)12-11-24-23(15-28)25(27(30)31)26(33-24)22-10-9-20(14-21(22)16-29-32)19-8-7-17-5-3-4-6-18(17)13-19/h3-10,13-14,21-22,29,32H,11-12,15-16H2,1-2H3,(H,30,31). The smallest absolute Gasteiger partial charge is 0.337 e. The highest BCUT2D eigenvalue weighted by Crippen LogP contribution is 2.47. The largest absolute Gasteiger partial charge is 0.478 e. The molecule has 5 rings (SSSR count). The Morgan fingerprint density at radius 1 is 1.21 bits per heavy atom. The van der Waals surface area contributed by atoms with E-state index in [2.05, 4.69) is 92.1 Å². The minimum Gasteiger partial charge on any atom is -0.478 e. The van der Waals surface area contributed by atoms with Crippen LogP contribution in [0.2, 0.25) is 0 Å². The zero-order chi connectivity index (χ0) is 23.2. The van der Waals surface area contributed by atoms with E-state index in [0.717, 1.165) is 29.7 Å². The van der Waals surface area contributed by atoms with Gasteiger partial charge in [0, 0.05) is 28.1 Å². The highest BCUT2D eigenvalue weighted by Gasteiger charge is 2.36. The molecule has 2 N–H and O–H groups in total. The summed E-state index contributed by atoms with van der Waals surface area (Å²) < 4.78 is 3.04. The minimum absolute atomic E-state index is 0.0265. The van der Waals surface area contributed by atoms with E-state index < -0.39 is 5.97 Å². The summed E-state index contributed by atoms with van der Waals surface area (Å²) in [6.07, 6.45) is 9.56. The van der Waals surface area contributed by atoms with Gasteiger partial charge in [0.15, 0.2) is 0 Å². The summed E-state index contributed by atoms with van der Waals surface area (Å²) in [5.41, 5.74) is 4.11. The first-order chi connectivity index (χ1) is 15.9. The zero-order valence-electron chi connectivity index (χ0n) is 19.0. The van der Waals surface area contributed by atoms with Crippen molar-refractivity contribution in [2.45, 2.75) is 39.0 Å². The van der Waals surface area contributed by atoms with Crippen molar-refractivity contribution in [3.63, 3.8) is 0 Å². The molecule has 5 heteroatoms. The summed E-state index contributed by atoms with van der Waals surface area (Å²) in [5, 5.41) is 12.6. The van der Waals surface area contributed by atoms with Crippen LogP contribution in [0.25, 0.3) is 16.3 Å². The molecule has 0 aliphatic heterocycles. The van der Waals surface area contributed by atoms with Gasteiger partial charge in [0.05, 0.1) is 5.56 Å². The molecular weight excluding hydrogens is 446 g/mol. The number of hydrogen-bond donors (Lipinski definition) is 3. The second kappa shape index (κ2) is 8.79. The van der Waals surface area contributed by atoms with Crippen molar-refractivity contribution in [2.24, 2.45) is 11.3 Å². The van der Waals surface area contributed by atoms with Gasteiger partial charge in [-0.2, -0.15) is 0 Å². The lowest BCUT2D eigenvalue weighted by molar-refractivity contribution is 0.0693. The molecule has 33 heavy (non-hydrogen) atoms. The fourth-order valence-corrected chi connectivity index (χ4v) is 6.96. The summed E-state index contributed by atoms with van der Waals surface area (Å²) in [5.74, 6) is -0.644. The molecule has 0 radical (unpaired) electrons. The van der Waals surface area contributed by atoms with Crippen LogP contribution >= 0.6 is 24.2 Å². The van der Waals surface area contributed by atoms with Gasteiger partial charge in [-0.15, -0.1) is 11.3 Å². The van der Waals surface area contributed by atoms with Gasteiger partial charge in [-0.1, -0.05) is 81.3 Å². The van der Waals surface area contributed by atoms with Gasteiger partial charge in [-0.05, 0) is 58.2 Å². The third kappa shape index (κ3) is 4.30. The third-order valence-corrected chi connectivity index (χ3v) is 8.64. The van der Waals surface area contributed by atoms with E-state index >= 15 is 0 Å². The molecule has 3 aromatic rings. The van der Waals surface area contributed by atoms with E-state index in [-0.39, 0.29) is 17.3 Å². The predicted molar refractivity (Wildman–Crippen MR) is 141 cm³/mol. The fourth-order valence-electron chi connectivity index (χ4n) is 5.28. The van der Waals surface area contributed by atoms with Crippen molar-refractivity contribution in [3.05, 3.63) is 87.1 Å². The summed E-state index contributed by atoms with van der Waals surface area (Å²) in [6.45, 7) is 5.15. The number of nitrogens with one attached hydrogen (secondary N) is 1. The number of fused-ring (bicyclic) bond motifs is 2. The fraction of sp³-hybridized carbons (Fsp3) is 0.321. The lowest BCUT2D eigenvalue weighted by Gasteiger charge is -2.29. The summed E-state index contributed by atoms with van der Waals surface area (Å²) in [7, 11) is 0. The summed E-state index contributed by atoms with van der Waals surface area (Å²) in [4.78, 5) is 14.7. The average molecular weight is 476 g/mol. The molecule has 0 spiro atoms. The molecule has 2 aliphatic carbocycles. The molecule has 170 valence electrons. The Balaban J connectivity index is 1.54. The Morgan fingerprint density at radius 2 is 2.00 bits per heavy atom. The Labute approximate surface area is 204 Å². The van der Waals surface area contributed by atoms with Gasteiger partial charge in [-0.3, -0.25) is 4.72 Å². The van der Waals surface area contributed by atoms with Crippen molar-refractivity contribution < 1.29 is 9.90 Å². The second-order valence-corrected chi connectivity index (χ2v) is 11.4. The van der Waals surface area contributed by atoms with E-state index in [1.54, 1.807) is 11.3 Å². The van der Waals surface area contributed by atoms with Crippen molar-refractivity contribution in [2.75, 3.05) is 6.54 Å². The van der Waals surface area contributed by atoms with Gasteiger partial charge in [0.1, 0.15) is 0 Å². The molecule has 2 atom stereocenters. The number of hydrogen-bond acceptors (Lipinski definition) is 4. The number of thiol groups is 1. The number of aromatic carboxylic acids is 1.